The van der Waals surface area contributed by atoms with Crippen LogP contribution in [0.2, 0.25) is 0 Å². The molecular formula is C5H3N2. The zero-order valence-electron chi connectivity index (χ0n) is 3.63. The molecule has 0 N–H and O–H groups in total. The average Bonchev–Trinajstić information content (AvgIpc) is 2.14. The first kappa shape index (κ1) is 4.03. The van der Waals surface area contributed by atoms with Crippen LogP contribution in [-0.2, 0) is 0 Å². The Hall–Kier alpha value is -1.14. The van der Waals surface area contributed by atoms with E-state index >= 15 is 0 Å². The molecule has 1 radical (unpaired) electrons. The van der Waals surface area contributed by atoms with Crippen LogP contribution in [0.25, 0.3) is 5.53 Å². The standard InChI is InChI=1S/C5H3N2/c6-7-5-3-1-2-4-5/h1-3H. The van der Waals surface area contributed by atoms with Crippen LogP contribution in [0.15, 0.2) is 18.2 Å². The van der Waals surface area contributed by atoms with Crippen LogP contribution in [0.5, 0.6) is 0 Å². The fourth-order valence-corrected chi connectivity index (χ4v) is 0.383. The molecule has 0 aliphatic heterocycles. The second-order valence-corrected chi connectivity index (χ2v) is 1.16. The van der Waals surface area contributed by atoms with Gasteiger partial charge in [-0.25, -0.2) is 0 Å². The Morgan fingerprint density at radius 1 is 1.71 bits per heavy atom. The first-order valence-corrected chi connectivity index (χ1v) is 1.92. The fourth-order valence-electron chi connectivity index (χ4n) is 0.383. The summed E-state index contributed by atoms with van der Waals surface area (Å²) >= 11 is 0. The molecule has 7 heavy (non-hydrogen) atoms. The maximum Gasteiger partial charge on any atom is 0.323 e. The Balaban J connectivity index is 3.00. The summed E-state index contributed by atoms with van der Waals surface area (Å²) in [5.41, 5.74) is 8.51. The van der Waals surface area contributed by atoms with Gasteiger partial charge in [-0.15, -0.1) is 0 Å². The van der Waals surface area contributed by atoms with Gasteiger partial charge in [-0.2, -0.15) is 4.79 Å². The monoisotopic (exact) mass is 91.0 g/mol. The summed E-state index contributed by atoms with van der Waals surface area (Å²) in [6.45, 7) is 0. The van der Waals surface area contributed by atoms with Crippen molar-refractivity contribution in [2.45, 2.75) is 0 Å². The van der Waals surface area contributed by atoms with Crippen LogP contribution in [0.3, 0.4) is 0 Å². The first-order chi connectivity index (χ1) is 3.43. The quantitative estimate of drug-likeness (QED) is 0.309. The molecule has 0 atom stereocenters. The minimum atomic E-state index is 0.486. The molecule has 1 aliphatic rings. The van der Waals surface area contributed by atoms with Crippen LogP contribution in [0, 0.1) is 6.08 Å². The van der Waals surface area contributed by atoms with E-state index in [-0.39, 0.29) is 0 Å². The van der Waals surface area contributed by atoms with E-state index in [4.69, 9.17) is 5.53 Å². The Morgan fingerprint density at radius 3 is 2.86 bits per heavy atom. The highest BCUT2D eigenvalue weighted by atomic mass is 14.8. The Bertz CT molecular complexity index is 157. The molecule has 0 spiro atoms. The lowest BCUT2D eigenvalue weighted by molar-refractivity contribution is -0.00190. The molecule has 0 bridgehead atoms. The van der Waals surface area contributed by atoms with Crippen molar-refractivity contribution in [1.82, 2.24) is 0 Å². The van der Waals surface area contributed by atoms with Crippen molar-refractivity contribution in [2.24, 2.45) is 0 Å². The van der Waals surface area contributed by atoms with Crippen LogP contribution in [0.4, 0.5) is 0 Å². The van der Waals surface area contributed by atoms with Gasteiger partial charge in [-0.1, -0.05) is 6.08 Å². The summed E-state index contributed by atoms with van der Waals surface area (Å²) in [5, 5.41) is 0. The molecule has 1 aliphatic carbocycles. The Morgan fingerprint density at radius 2 is 2.57 bits per heavy atom. The normalized spacial score (nSPS) is 15.1. The van der Waals surface area contributed by atoms with E-state index in [1.807, 2.05) is 0 Å². The minimum absolute atomic E-state index is 0.486. The molecule has 33 valence electrons. The van der Waals surface area contributed by atoms with Crippen molar-refractivity contribution >= 4 is 5.71 Å². The summed E-state index contributed by atoms with van der Waals surface area (Å²) in [5.74, 6) is 0. The third-order valence-electron chi connectivity index (χ3n) is 0.689. The van der Waals surface area contributed by atoms with Crippen LogP contribution < -0.4 is 0 Å². The molecule has 0 amide bonds. The molecule has 0 heterocycles. The summed E-state index contributed by atoms with van der Waals surface area (Å²) in [6.07, 6.45) is 7.79. The van der Waals surface area contributed by atoms with E-state index in [0.717, 1.165) is 0 Å². The molecule has 0 aromatic heterocycles. The summed E-state index contributed by atoms with van der Waals surface area (Å²) < 4.78 is 0. The zero-order chi connectivity index (χ0) is 5.11. The number of allylic oxidation sites excluding steroid dienone is 4. The van der Waals surface area contributed by atoms with Gasteiger partial charge in [0.05, 0.1) is 6.08 Å². The van der Waals surface area contributed by atoms with Crippen molar-refractivity contribution in [3.63, 3.8) is 0 Å². The highest BCUT2D eigenvalue weighted by Crippen LogP contribution is 1.88. The lowest BCUT2D eigenvalue weighted by Crippen LogP contribution is -1.81. The molecule has 0 saturated heterocycles. The van der Waals surface area contributed by atoms with E-state index in [1.165, 1.54) is 0 Å². The largest absolute Gasteiger partial charge is 0.361 e. The predicted molar refractivity (Wildman–Crippen MR) is 25.6 cm³/mol. The number of nitrogens with zero attached hydrogens (tertiary/aromatic N) is 2. The summed E-state index contributed by atoms with van der Waals surface area (Å²) in [7, 11) is 0. The highest BCUT2D eigenvalue weighted by molar-refractivity contribution is 5.98. The molecule has 0 unspecified atom stereocenters. The van der Waals surface area contributed by atoms with Gasteiger partial charge in [-0.3, -0.25) is 0 Å². The van der Waals surface area contributed by atoms with E-state index in [0.29, 0.717) is 5.71 Å². The molecule has 0 fully saturated rings. The van der Waals surface area contributed by atoms with Gasteiger partial charge >= 0.3 is 5.71 Å². The van der Waals surface area contributed by atoms with Crippen molar-refractivity contribution in [3.8, 4) is 0 Å². The van der Waals surface area contributed by atoms with Gasteiger partial charge < -0.3 is 5.53 Å². The smallest absolute Gasteiger partial charge is 0.323 e. The third kappa shape index (κ3) is 0.643. The van der Waals surface area contributed by atoms with Gasteiger partial charge in [-0.05, 0) is 6.08 Å². The zero-order valence-corrected chi connectivity index (χ0v) is 3.63. The molecule has 2 heteroatoms. The molecular weight excluding hydrogens is 88.1 g/mol. The summed E-state index contributed by atoms with van der Waals surface area (Å²) in [6, 6.07) is 0. The van der Waals surface area contributed by atoms with Crippen molar-refractivity contribution in [1.29, 1.82) is 0 Å². The minimum Gasteiger partial charge on any atom is -0.361 e. The van der Waals surface area contributed by atoms with Gasteiger partial charge in [0.2, 0.25) is 0 Å². The second kappa shape index (κ2) is 1.54. The lowest BCUT2D eigenvalue weighted by Gasteiger charge is -1.58. The molecule has 1 rings (SSSR count). The average molecular weight is 91.1 g/mol. The topological polar surface area (TPSA) is 36.4 Å². The van der Waals surface area contributed by atoms with Crippen LogP contribution in [-0.4, -0.2) is 10.5 Å². The number of hydrogen-bond donors (Lipinski definition) is 0. The SMILES string of the molecule is [N-]=[N+]=C1[C]=CC=C1. The number of hydrogen-bond acceptors (Lipinski definition) is 0. The van der Waals surface area contributed by atoms with Crippen molar-refractivity contribution in [3.05, 3.63) is 29.8 Å². The molecule has 2 nitrogen and oxygen atoms in total. The maximum absolute atomic E-state index is 8.02. The van der Waals surface area contributed by atoms with Crippen LogP contribution in [0.1, 0.15) is 0 Å². The van der Waals surface area contributed by atoms with Crippen molar-refractivity contribution < 1.29 is 4.79 Å². The van der Waals surface area contributed by atoms with Gasteiger partial charge in [0.1, 0.15) is 0 Å². The Kier molecular flexibility index (Phi) is 0.886. The van der Waals surface area contributed by atoms with Gasteiger partial charge in [0, 0.05) is 6.08 Å². The van der Waals surface area contributed by atoms with E-state index in [2.05, 4.69) is 10.9 Å². The fraction of sp³-hybridized carbons (Fsp3) is 0. The van der Waals surface area contributed by atoms with Crippen LogP contribution >= 0.6 is 0 Å². The van der Waals surface area contributed by atoms with E-state index in [9.17, 15) is 0 Å². The third-order valence-corrected chi connectivity index (χ3v) is 0.689. The predicted octanol–water partition coefficient (Wildman–Crippen LogP) is 0.586. The lowest BCUT2D eigenvalue weighted by atomic mass is 10.4. The highest BCUT2D eigenvalue weighted by Gasteiger charge is 1.98. The summed E-state index contributed by atoms with van der Waals surface area (Å²) in [4.78, 5) is 2.88. The van der Waals surface area contributed by atoms with Gasteiger partial charge in [0.25, 0.3) is 0 Å². The van der Waals surface area contributed by atoms with E-state index in [1.54, 1.807) is 18.2 Å². The van der Waals surface area contributed by atoms with Gasteiger partial charge in [0.15, 0.2) is 0 Å². The molecule has 0 aromatic rings. The second-order valence-electron chi connectivity index (χ2n) is 1.16. The molecule has 0 saturated carbocycles. The molecule has 0 aromatic carbocycles. The first-order valence-electron chi connectivity index (χ1n) is 1.92. The maximum atomic E-state index is 8.02. The van der Waals surface area contributed by atoms with E-state index < -0.39 is 0 Å². The number of rotatable bonds is 0. The Labute approximate surface area is 41.4 Å². The van der Waals surface area contributed by atoms with Crippen molar-refractivity contribution in [2.75, 3.05) is 0 Å².